The number of sulfonamides is 1. The number of rotatable bonds is 4. The maximum atomic E-state index is 12.4. The number of aromatic nitrogens is 1. The number of hydrogen-bond acceptors (Lipinski definition) is 4. The van der Waals surface area contributed by atoms with Crippen molar-refractivity contribution in [1.29, 1.82) is 0 Å². The van der Waals surface area contributed by atoms with Gasteiger partial charge in [0.2, 0.25) is 10.0 Å². The summed E-state index contributed by atoms with van der Waals surface area (Å²) >= 11 is 6.16. The van der Waals surface area contributed by atoms with Gasteiger partial charge < -0.3 is 4.90 Å². The molecule has 1 N–H and O–H groups in total. The van der Waals surface area contributed by atoms with Crippen LogP contribution < -0.4 is 9.62 Å². The molecule has 1 saturated heterocycles. The van der Waals surface area contributed by atoms with Crippen molar-refractivity contribution in [2.24, 2.45) is 0 Å². The molecule has 1 fully saturated rings. The number of piperidine rings is 1. The molecule has 1 aromatic heterocycles. The number of halogens is 1. The van der Waals surface area contributed by atoms with Crippen LogP contribution in [-0.4, -0.2) is 32.5 Å². The predicted octanol–water partition coefficient (Wildman–Crippen LogP) is 2.68. The molecule has 2 aromatic rings. The van der Waals surface area contributed by atoms with Gasteiger partial charge in [-0.3, -0.25) is 4.98 Å². The number of pyridine rings is 1. The van der Waals surface area contributed by atoms with Crippen LogP contribution in [0.5, 0.6) is 0 Å². The number of nitrogens with one attached hydrogen (secondary N) is 1. The molecule has 122 valence electrons. The highest BCUT2D eigenvalue weighted by Gasteiger charge is 2.25. The summed E-state index contributed by atoms with van der Waals surface area (Å²) in [4.78, 5) is 6.46. The molecule has 1 aliphatic heterocycles. The van der Waals surface area contributed by atoms with E-state index in [1.54, 1.807) is 42.7 Å². The van der Waals surface area contributed by atoms with Gasteiger partial charge in [0.05, 0.1) is 15.6 Å². The van der Waals surface area contributed by atoms with Crippen LogP contribution in [0, 0.1) is 0 Å². The standard InChI is InChI=1S/C16H18ClN3O2S/c17-15-12-18-9-6-16(15)20-10-7-13(8-11-20)19-23(21,22)14-4-2-1-3-5-14/h1-6,9,12-13,19H,7-8,10-11H2. The van der Waals surface area contributed by atoms with Crippen molar-refractivity contribution in [1.82, 2.24) is 9.71 Å². The van der Waals surface area contributed by atoms with Crippen LogP contribution in [0.2, 0.25) is 5.02 Å². The first-order chi connectivity index (χ1) is 11.1. The largest absolute Gasteiger partial charge is 0.370 e. The lowest BCUT2D eigenvalue weighted by Gasteiger charge is -2.34. The van der Waals surface area contributed by atoms with Gasteiger partial charge in [0, 0.05) is 31.5 Å². The molecule has 0 spiro atoms. The van der Waals surface area contributed by atoms with E-state index in [-0.39, 0.29) is 6.04 Å². The quantitative estimate of drug-likeness (QED) is 0.920. The van der Waals surface area contributed by atoms with E-state index in [0.717, 1.165) is 31.6 Å². The zero-order valence-corrected chi connectivity index (χ0v) is 14.1. The Balaban J connectivity index is 1.63. The summed E-state index contributed by atoms with van der Waals surface area (Å²) < 4.78 is 27.5. The maximum Gasteiger partial charge on any atom is 0.240 e. The number of anilines is 1. The molecule has 2 heterocycles. The molecule has 3 rings (SSSR count). The zero-order chi connectivity index (χ0) is 16.3. The number of hydrogen-bond donors (Lipinski definition) is 1. The fraction of sp³-hybridized carbons (Fsp3) is 0.312. The molecule has 1 aliphatic rings. The number of nitrogens with zero attached hydrogens (tertiary/aromatic N) is 2. The monoisotopic (exact) mass is 351 g/mol. The smallest absolute Gasteiger partial charge is 0.240 e. The second-order valence-corrected chi connectivity index (χ2v) is 7.64. The predicted molar refractivity (Wildman–Crippen MR) is 91.2 cm³/mol. The van der Waals surface area contributed by atoms with E-state index in [4.69, 9.17) is 11.6 Å². The van der Waals surface area contributed by atoms with Crippen molar-refractivity contribution in [3.63, 3.8) is 0 Å². The molecular weight excluding hydrogens is 334 g/mol. The van der Waals surface area contributed by atoms with Crippen LogP contribution in [0.15, 0.2) is 53.7 Å². The van der Waals surface area contributed by atoms with Gasteiger partial charge in [0.25, 0.3) is 0 Å². The Labute approximate surface area is 141 Å². The van der Waals surface area contributed by atoms with Crippen LogP contribution in [-0.2, 0) is 10.0 Å². The normalized spacial score (nSPS) is 16.5. The van der Waals surface area contributed by atoms with Crippen LogP contribution in [0.25, 0.3) is 0 Å². The SMILES string of the molecule is O=S(=O)(NC1CCN(c2ccncc2Cl)CC1)c1ccccc1. The molecular formula is C16H18ClN3O2S. The number of benzene rings is 1. The molecule has 7 heteroatoms. The Morgan fingerprint density at radius 3 is 2.48 bits per heavy atom. The van der Waals surface area contributed by atoms with Crippen molar-refractivity contribution < 1.29 is 8.42 Å². The van der Waals surface area contributed by atoms with E-state index in [2.05, 4.69) is 14.6 Å². The average Bonchev–Trinajstić information content (AvgIpc) is 2.57. The molecule has 0 saturated carbocycles. The van der Waals surface area contributed by atoms with E-state index in [1.807, 2.05) is 6.07 Å². The van der Waals surface area contributed by atoms with E-state index in [1.165, 1.54) is 0 Å². The minimum Gasteiger partial charge on any atom is -0.370 e. The minimum atomic E-state index is -3.45. The molecule has 0 radical (unpaired) electrons. The van der Waals surface area contributed by atoms with Gasteiger partial charge in [-0.1, -0.05) is 29.8 Å². The highest BCUT2D eigenvalue weighted by molar-refractivity contribution is 7.89. The maximum absolute atomic E-state index is 12.4. The molecule has 1 aromatic carbocycles. The van der Waals surface area contributed by atoms with Gasteiger partial charge >= 0.3 is 0 Å². The molecule has 0 bridgehead atoms. The average molecular weight is 352 g/mol. The lowest BCUT2D eigenvalue weighted by atomic mass is 10.1. The topological polar surface area (TPSA) is 62.3 Å². The van der Waals surface area contributed by atoms with E-state index in [0.29, 0.717) is 9.92 Å². The lowest BCUT2D eigenvalue weighted by molar-refractivity contribution is 0.460. The van der Waals surface area contributed by atoms with Crippen LogP contribution >= 0.6 is 11.6 Å². The van der Waals surface area contributed by atoms with Gasteiger partial charge in [-0.25, -0.2) is 13.1 Å². The third-order valence-corrected chi connectivity index (χ3v) is 5.79. The lowest BCUT2D eigenvalue weighted by Crippen LogP contribution is -2.44. The summed E-state index contributed by atoms with van der Waals surface area (Å²) in [7, 11) is -3.45. The minimum absolute atomic E-state index is 0.0583. The van der Waals surface area contributed by atoms with Crippen molar-refractivity contribution in [3.05, 3.63) is 53.8 Å². The van der Waals surface area contributed by atoms with Crippen molar-refractivity contribution in [3.8, 4) is 0 Å². The van der Waals surface area contributed by atoms with Gasteiger partial charge in [-0.15, -0.1) is 0 Å². The fourth-order valence-electron chi connectivity index (χ4n) is 2.75. The first-order valence-corrected chi connectivity index (χ1v) is 9.34. The summed E-state index contributed by atoms with van der Waals surface area (Å²) in [6.07, 6.45) is 4.82. The molecule has 0 amide bonds. The summed E-state index contributed by atoms with van der Waals surface area (Å²) in [5.41, 5.74) is 0.950. The van der Waals surface area contributed by atoms with Gasteiger partial charge in [-0.2, -0.15) is 0 Å². The van der Waals surface area contributed by atoms with Crippen molar-refractivity contribution >= 4 is 27.3 Å². The first kappa shape index (κ1) is 16.2. The van der Waals surface area contributed by atoms with Gasteiger partial charge in [0.1, 0.15) is 0 Å². The van der Waals surface area contributed by atoms with Gasteiger partial charge in [-0.05, 0) is 31.0 Å². The van der Waals surface area contributed by atoms with Crippen LogP contribution in [0.4, 0.5) is 5.69 Å². The third kappa shape index (κ3) is 3.83. The van der Waals surface area contributed by atoms with Crippen LogP contribution in [0.1, 0.15) is 12.8 Å². The Morgan fingerprint density at radius 1 is 1.13 bits per heavy atom. The summed E-state index contributed by atoms with van der Waals surface area (Å²) in [5.74, 6) is 0. The highest BCUT2D eigenvalue weighted by Crippen LogP contribution is 2.27. The highest BCUT2D eigenvalue weighted by atomic mass is 35.5. The zero-order valence-electron chi connectivity index (χ0n) is 12.5. The molecule has 0 atom stereocenters. The van der Waals surface area contributed by atoms with Crippen molar-refractivity contribution in [2.75, 3.05) is 18.0 Å². The Bertz CT molecular complexity index is 760. The van der Waals surface area contributed by atoms with Crippen molar-refractivity contribution in [2.45, 2.75) is 23.8 Å². The first-order valence-electron chi connectivity index (χ1n) is 7.48. The van der Waals surface area contributed by atoms with E-state index in [9.17, 15) is 8.42 Å². The Morgan fingerprint density at radius 2 is 1.83 bits per heavy atom. The second kappa shape index (κ2) is 6.86. The Hall–Kier alpha value is -1.63. The molecule has 23 heavy (non-hydrogen) atoms. The van der Waals surface area contributed by atoms with Gasteiger partial charge in [0.15, 0.2) is 0 Å². The third-order valence-electron chi connectivity index (χ3n) is 3.96. The molecule has 0 unspecified atom stereocenters. The summed E-state index contributed by atoms with van der Waals surface area (Å²) in [6.45, 7) is 1.51. The second-order valence-electron chi connectivity index (χ2n) is 5.52. The van der Waals surface area contributed by atoms with E-state index >= 15 is 0 Å². The Kier molecular flexibility index (Phi) is 4.84. The van der Waals surface area contributed by atoms with Crippen LogP contribution in [0.3, 0.4) is 0 Å². The molecule has 0 aliphatic carbocycles. The molecule has 5 nitrogen and oxygen atoms in total. The summed E-state index contributed by atoms with van der Waals surface area (Å²) in [6, 6.07) is 10.3. The van der Waals surface area contributed by atoms with E-state index < -0.39 is 10.0 Å². The summed E-state index contributed by atoms with van der Waals surface area (Å²) in [5, 5.41) is 0.621. The fourth-order valence-corrected chi connectivity index (χ4v) is 4.31.